The number of fused-ring (bicyclic) bond motifs is 1. The first-order valence-corrected chi connectivity index (χ1v) is 9.66. The fourth-order valence-corrected chi connectivity index (χ4v) is 3.54. The Kier molecular flexibility index (Phi) is 6.09. The first kappa shape index (κ1) is 19.7. The summed E-state index contributed by atoms with van der Waals surface area (Å²) in [4.78, 5) is 26.5. The molecule has 0 bridgehead atoms. The highest BCUT2D eigenvalue weighted by molar-refractivity contribution is 9.10. The van der Waals surface area contributed by atoms with E-state index in [2.05, 4.69) is 21.2 Å². The van der Waals surface area contributed by atoms with E-state index >= 15 is 0 Å². The van der Waals surface area contributed by atoms with Crippen molar-refractivity contribution in [2.24, 2.45) is 0 Å². The number of furan rings is 1. The van der Waals surface area contributed by atoms with E-state index in [1.807, 2.05) is 18.2 Å². The van der Waals surface area contributed by atoms with E-state index in [0.29, 0.717) is 27.9 Å². The number of hydrogen-bond donors (Lipinski definition) is 1. The quantitative estimate of drug-likeness (QED) is 0.528. The van der Waals surface area contributed by atoms with Crippen LogP contribution in [0.2, 0.25) is 10.0 Å². The standard InChI is InChI=1S/C19H15BrCl2N2O3/c1-2-24(10-16(25)23-17-13(21)7-4-8-14(17)22)19(26)15-9-11-5-3-6-12(20)18(11)27-15/h3-9H,2,10H2,1H3,(H,23,25). The molecule has 0 saturated heterocycles. The normalized spacial score (nSPS) is 10.8. The van der Waals surface area contributed by atoms with Crippen molar-refractivity contribution in [1.29, 1.82) is 0 Å². The maximum absolute atomic E-state index is 12.8. The van der Waals surface area contributed by atoms with Gasteiger partial charge in [0.1, 0.15) is 12.1 Å². The highest BCUT2D eigenvalue weighted by atomic mass is 79.9. The number of amides is 2. The van der Waals surface area contributed by atoms with Crippen molar-refractivity contribution in [3.63, 3.8) is 0 Å². The number of nitrogens with one attached hydrogen (secondary N) is 1. The molecule has 0 aliphatic rings. The number of para-hydroxylation sites is 2. The van der Waals surface area contributed by atoms with Gasteiger partial charge in [-0.2, -0.15) is 0 Å². The highest BCUT2D eigenvalue weighted by Gasteiger charge is 2.22. The van der Waals surface area contributed by atoms with Gasteiger partial charge in [-0.25, -0.2) is 0 Å². The summed E-state index contributed by atoms with van der Waals surface area (Å²) in [7, 11) is 0. The van der Waals surface area contributed by atoms with Gasteiger partial charge < -0.3 is 14.6 Å². The van der Waals surface area contributed by atoms with Crippen LogP contribution in [0.5, 0.6) is 0 Å². The summed E-state index contributed by atoms with van der Waals surface area (Å²) in [5.74, 6) is -0.610. The fourth-order valence-electron chi connectivity index (χ4n) is 2.59. The van der Waals surface area contributed by atoms with E-state index in [4.69, 9.17) is 27.6 Å². The molecule has 0 unspecified atom stereocenters. The van der Waals surface area contributed by atoms with Gasteiger partial charge in [0.05, 0.1) is 20.2 Å². The third-order valence-corrected chi connectivity index (χ3v) is 5.19. The van der Waals surface area contributed by atoms with Gasteiger partial charge in [-0.15, -0.1) is 0 Å². The molecule has 1 N–H and O–H groups in total. The van der Waals surface area contributed by atoms with Crippen molar-refractivity contribution in [3.8, 4) is 0 Å². The number of rotatable bonds is 5. The first-order valence-electron chi connectivity index (χ1n) is 8.12. The molecule has 0 aliphatic heterocycles. The van der Waals surface area contributed by atoms with Crippen molar-refractivity contribution >= 4 is 67.6 Å². The number of nitrogens with zero attached hydrogens (tertiary/aromatic N) is 1. The van der Waals surface area contributed by atoms with Crippen molar-refractivity contribution in [1.82, 2.24) is 4.90 Å². The Morgan fingerprint density at radius 1 is 1.15 bits per heavy atom. The molecular formula is C19H15BrCl2N2O3. The van der Waals surface area contributed by atoms with Gasteiger partial charge in [0.2, 0.25) is 5.91 Å². The Bertz CT molecular complexity index is 999. The zero-order valence-electron chi connectivity index (χ0n) is 14.3. The van der Waals surface area contributed by atoms with Crippen molar-refractivity contribution in [2.75, 3.05) is 18.4 Å². The summed E-state index contributed by atoms with van der Waals surface area (Å²) < 4.78 is 6.43. The second-order valence-electron chi connectivity index (χ2n) is 5.73. The Hall–Kier alpha value is -2.02. The zero-order chi connectivity index (χ0) is 19.6. The van der Waals surface area contributed by atoms with Gasteiger partial charge in [-0.05, 0) is 47.1 Å². The Labute approximate surface area is 174 Å². The molecule has 1 heterocycles. The van der Waals surface area contributed by atoms with E-state index in [0.717, 1.165) is 9.86 Å². The second-order valence-corrected chi connectivity index (χ2v) is 7.40. The van der Waals surface area contributed by atoms with E-state index < -0.39 is 5.91 Å². The summed E-state index contributed by atoms with van der Waals surface area (Å²) in [6.45, 7) is 1.96. The molecule has 2 aromatic carbocycles. The van der Waals surface area contributed by atoms with Gasteiger partial charge in [-0.1, -0.05) is 41.4 Å². The summed E-state index contributed by atoms with van der Waals surface area (Å²) in [6, 6.07) is 12.1. The zero-order valence-corrected chi connectivity index (χ0v) is 17.4. The molecule has 0 saturated carbocycles. The summed E-state index contributed by atoms with van der Waals surface area (Å²) in [6.07, 6.45) is 0. The Morgan fingerprint density at radius 3 is 2.44 bits per heavy atom. The molecule has 0 fully saturated rings. The van der Waals surface area contributed by atoms with Crippen molar-refractivity contribution < 1.29 is 14.0 Å². The number of carbonyl (C=O) groups is 2. The van der Waals surface area contributed by atoms with E-state index in [1.54, 1.807) is 31.2 Å². The maximum Gasteiger partial charge on any atom is 0.290 e. The molecule has 0 atom stereocenters. The largest absolute Gasteiger partial charge is 0.450 e. The molecule has 0 radical (unpaired) electrons. The minimum atomic E-state index is -0.405. The molecule has 1 aromatic heterocycles. The molecule has 5 nitrogen and oxygen atoms in total. The predicted molar refractivity (Wildman–Crippen MR) is 111 cm³/mol. The Balaban J connectivity index is 1.76. The predicted octanol–water partition coefficient (Wildman–Crippen LogP) is 5.60. The molecule has 140 valence electrons. The molecule has 27 heavy (non-hydrogen) atoms. The topological polar surface area (TPSA) is 62.6 Å². The SMILES string of the molecule is CCN(CC(=O)Nc1c(Cl)cccc1Cl)C(=O)c1cc2cccc(Br)c2o1. The number of halogens is 3. The molecule has 0 aliphatic carbocycles. The van der Waals surface area contributed by atoms with Crippen LogP contribution >= 0.6 is 39.1 Å². The lowest BCUT2D eigenvalue weighted by atomic mass is 10.2. The van der Waals surface area contributed by atoms with Gasteiger partial charge in [0.15, 0.2) is 5.76 Å². The number of anilines is 1. The van der Waals surface area contributed by atoms with Crippen LogP contribution in [0, 0.1) is 0 Å². The number of carbonyl (C=O) groups excluding carboxylic acids is 2. The van der Waals surface area contributed by atoms with Crippen LogP contribution in [0.1, 0.15) is 17.5 Å². The highest BCUT2D eigenvalue weighted by Crippen LogP contribution is 2.30. The van der Waals surface area contributed by atoms with Gasteiger partial charge in [-0.3, -0.25) is 9.59 Å². The second kappa shape index (κ2) is 8.33. The Morgan fingerprint density at radius 2 is 1.81 bits per heavy atom. The summed E-state index contributed by atoms with van der Waals surface area (Å²) >= 11 is 15.5. The van der Waals surface area contributed by atoms with Crippen LogP contribution in [0.3, 0.4) is 0 Å². The van der Waals surface area contributed by atoms with Crippen LogP contribution in [-0.4, -0.2) is 29.8 Å². The third kappa shape index (κ3) is 4.29. The molecular weight excluding hydrogens is 455 g/mol. The van der Waals surface area contributed by atoms with Crippen LogP contribution in [0.15, 0.2) is 51.4 Å². The molecule has 0 spiro atoms. The number of hydrogen-bond acceptors (Lipinski definition) is 3. The summed E-state index contributed by atoms with van der Waals surface area (Å²) in [5.41, 5.74) is 0.909. The average Bonchev–Trinajstić information content (AvgIpc) is 3.08. The third-order valence-electron chi connectivity index (χ3n) is 3.94. The van der Waals surface area contributed by atoms with E-state index in [1.165, 1.54) is 4.90 Å². The number of likely N-dealkylation sites (N-methyl/N-ethyl adjacent to an activating group) is 1. The molecule has 8 heteroatoms. The van der Waals surface area contributed by atoms with Gasteiger partial charge in [0, 0.05) is 11.9 Å². The number of benzene rings is 2. The monoisotopic (exact) mass is 468 g/mol. The van der Waals surface area contributed by atoms with Crippen molar-refractivity contribution in [2.45, 2.75) is 6.92 Å². The van der Waals surface area contributed by atoms with Crippen LogP contribution < -0.4 is 5.32 Å². The van der Waals surface area contributed by atoms with Crippen LogP contribution in [-0.2, 0) is 4.79 Å². The van der Waals surface area contributed by atoms with Gasteiger partial charge >= 0.3 is 0 Å². The lowest BCUT2D eigenvalue weighted by molar-refractivity contribution is -0.116. The van der Waals surface area contributed by atoms with Gasteiger partial charge in [0.25, 0.3) is 5.91 Å². The van der Waals surface area contributed by atoms with Crippen molar-refractivity contribution in [3.05, 3.63) is 62.7 Å². The lowest BCUT2D eigenvalue weighted by Crippen LogP contribution is -2.37. The molecule has 2 amide bonds. The first-order chi connectivity index (χ1) is 12.9. The minimum Gasteiger partial charge on any atom is -0.450 e. The summed E-state index contributed by atoms with van der Waals surface area (Å²) in [5, 5.41) is 4.10. The van der Waals surface area contributed by atoms with E-state index in [-0.39, 0.29) is 18.2 Å². The fraction of sp³-hybridized carbons (Fsp3) is 0.158. The lowest BCUT2D eigenvalue weighted by Gasteiger charge is -2.19. The minimum absolute atomic E-state index is 0.158. The average molecular weight is 470 g/mol. The maximum atomic E-state index is 12.8. The van der Waals surface area contributed by atoms with Crippen LogP contribution in [0.4, 0.5) is 5.69 Å². The van der Waals surface area contributed by atoms with Crippen LogP contribution in [0.25, 0.3) is 11.0 Å². The molecule has 3 rings (SSSR count). The molecule has 3 aromatic rings. The van der Waals surface area contributed by atoms with E-state index in [9.17, 15) is 9.59 Å². The smallest absolute Gasteiger partial charge is 0.290 e.